The summed E-state index contributed by atoms with van der Waals surface area (Å²) in [6, 6.07) is 3.60. The minimum absolute atomic E-state index is 0.0446. The van der Waals surface area contributed by atoms with Gasteiger partial charge in [0.2, 0.25) is 5.91 Å². The average molecular weight is 338 g/mol. The molecule has 23 heavy (non-hydrogen) atoms. The van der Waals surface area contributed by atoms with Crippen LogP contribution in [0.5, 0.6) is 0 Å². The molecule has 7 nitrogen and oxygen atoms in total. The zero-order chi connectivity index (χ0) is 16.4. The van der Waals surface area contributed by atoms with Crippen LogP contribution in [0.1, 0.15) is 25.0 Å². The molecule has 2 aliphatic rings. The van der Waals surface area contributed by atoms with Gasteiger partial charge >= 0.3 is 0 Å². The summed E-state index contributed by atoms with van der Waals surface area (Å²) < 4.78 is 23.0. The highest BCUT2D eigenvalue weighted by atomic mass is 32.2. The minimum atomic E-state index is -2.97. The second-order valence-corrected chi connectivity index (χ2v) is 8.66. The number of aryl methyl sites for hydroxylation is 1. The fourth-order valence-corrected chi connectivity index (χ4v) is 4.86. The molecule has 8 heteroatoms. The maximum absolute atomic E-state index is 12.4. The summed E-state index contributed by atoms with van der Waals surface area (Å²) in [4.78, 5) is 14.5. The van der Waals surface area contributed by atoms with E-state index in [1.165, 1.54) is 0 Å². The van der Waals surface area contributed by atoms with Gasteiger partial charge in [-0.25, -0.2) is 8.42 Å². The second kappa shape index (κ2) is 6.43. The zero-order valence-corrected chi connectivity index (χ0v) is 14.1. The van der Waals surface area contributed by atoms with Gasteiger partial charge in [0.15, 0.2) is 15.7 Å². The van der Waals surface area contributed by atoms with Gasteiger partial charge in [0.25, 0.3) is 0 Å². The fourth-order valence-electron chi connectivity index (χ4n) is 3.19. The van der Waals surface area contributed by atoms with Crippen LogP contribution in [0.2, 0.25) is 0 Å². The molecule has 1 amide bonds. The molecular weight excluding hydrogens is 316 g/mol. The summed E-state index contributed by atoms with van der Waals surface area (Å²) >= 11 is 0. The molecule has 2 saturated heterocycles. The van der Waals surface area contributed by atoms with E-state index in [1.807, 2.05) is 19.1 Å². The molecule has 2 unspecified atom stereocenters. The Hall–Kier alpha value is -1.70. The van der Waals surface area contributed by atoms with Gasteiger partial charge in [-0.1, -0.05) is 0 Å². The topological polar surface area (TPSA) is 92.3 Å². The molecule has 2 aliphatic heterocycles. The van der Waals surface area contributed by atoms with E-state index in [9.17, 15) is 13.2 Å². The van der Waals surface area contributed by atoms with Crippen molar-refractivity contribution in [3.8, 4) is 0 Å². The summed E-state index contributed by atoms with van der Waals surface area (Å²) in [6.45, 7) is 3.35. The Morgan fingerprint density at radius 2 is 2.13 bits per heavy atom. The lowest BCUT2D eigenvalue weighted by molar-refractivity contribution is -0.125. The van der Waals surface area contributed by atoms with Crippen LogP contribution in [-0.2, 0) is 14.6 Å². The van der Waals surface area contributed by atoms with Crippen LogP contribution in [0.15, 0.2) is 12.1 Å². The highest BCUT2D eigenvalue weighted by Gasteiger charge is 2.32. The Morgan fingerprint density at radius 1 is 1.30 bits per heavy atom. The number of hydrogen-bond donors (Lipinski definition) is 1. The molecular formula is C15H22N4O3S. The van der Waals surface area contributed by atoms with Gasteiger partial charge in [-0.05, 0) is 38.3 Å². The lowest BCUT2D eigenvalue weighted by Crippen LogP contribution is -2.46. The number of hydrogen-bond acceptors (Lipinski definition) is 6. The van der Waals surface area contributed by atoms with Crippen molar-refractivity contribution in [1.82, 2.24) is 15.5 Å². The van der Waals surface area contributed by atoms with Crippen molar-refractivity contribution in [2.45, 2.75) is 32.2 Å². The van der Waals surface area contributed by atoms with Gasteiger partial charge < -0.3 is 10.2 Å². The molecule has 0 bridgehead atoms. The molecule has 2 fully saturated rings. The third-order valence-corrected chi connectivity index (χ3v) is 6.25. The van der Waals surface area contributed by atoms with Crippen LogP contribution >= 0.6 is 0 Å². The highest BCUT2D eigenvalue weighted by Crippen LogP contribution is 2.22. The van der Waals surface area contributed by atoms with E-state index in [0.29, 0.717) is 13.0 Å². The molecule has 0 spiro atoms. The monoisotopic (exact) mass is 338 g/mol. The quantitative estimate of drug-likeness (QED) is 0.852. The molecule has 2 atom stereocenters. The van der Waals surface area contributed by atoms with Crippen LogP contribution < -0.4 is 10.2 Å². The fraction of sp³-hybridized carbons (Fsp3) is 0.667. The van der Waals surface area contributed by atoms with E-state index in [-0.39, 0.29) is 29.4 Å². The van der Waals surface area contributed by atoms with E-state index in [0.717, 1.165) is 30.9 Å². The van der Waals surface area contributed by atoms with Crippen molar-refractivity contribution in [2.75, 3.05) is 29.5 Å². The Labute approximate surface area is 136 Å². The van der Waals surface area contributed by atoms with E-state index in [2.05, 4.69) is 20.4 Å². The summed E-state index contributed by atoms with van der Waals surface area (Å²) in [7, 11) is -2.97. The highest BCUT2D eigenvalue weighted by molar-refractivity contribution is 7.91. The van der Waals surface area contributed by atoms with Crippen molar-refractivity contribution in [2.24, 2.45) is 5.92 Å². The van der Waals surface area contributed by atoms with Gasteiger partial charge in [-0.15, -0.1) is 5.10 Å². The molecule has 3 rings (SSSR count). The third-order valence-electron chi connectivity index (χ3n) is 4.48. The van der Waals surface area contributed by atoms with Crippen LogP contribution in [0.3, 0.4) is 0 Å². The molecule has 0 saturated carbocycles. The average Bonchev–Trinajstić information content (AvgIpc) is 2.87. The molecule has 1 aromatic heterocycles. The maximum Gasteiger partial charge on any atom is 0.225 e. The van der Waals surface area contributed by atoms with Crippen LogP contribution in [-0.4, -0.2) is 55.2 Å². The first kappa shape index (κ1) is 16.2. The van der Waals surface area contributed by atoms with Crippen molar-refractivity contribution >= 4 is 21.6 Å². The first-order chi connectivity index (χ1) is 10.9. The smallest absolute Gasteiger partial charge is 0.225 e. The van der Waals surface area contributed by atoms with Gasteiger partial charge in [-0.2, -0.15) is 5.10 Å². The van der Waals surface area contributed by atoms with E-state index < -0.39 is 9.84 Å². The number of piperidine rings is 1. The number of anilines is 1. The van der Waals surface area contributed by atoms with Crippen molar-refractivity contribution in [3.63, 3.8) is 0 Å². The summed E-state index contributed by atoms with van der Waals surface area (Å²) in [5, 5.41) is 11.2. The number of nitrogens with zero attached hydrogens (tertiary/aromatic N) is 3. The number of aromatic nitrogens is 2. The lowest BCUT2D eigenvalue weighted by atomic mass is 9.96. The number of carbonyl (C=O) groups excluding carboxylic acids is 1. The largest absolute Gasteiger partial charge is 0.354 e. The number of sulfone groups is 1. The molecule has 3 heterocycles. The summed E-state index contributed by atoms with van der Waals surface area (Å²) in [5.74, 6) is 0.857. The van der Waals surface area contributed by atoms with Crippen molar-refractivity contribution < 1.29 is 13.2 Å². The molecule has 1 N–H and O–H groups in total. The van der Waals surface area contributed by atoms with Crippen LogP contribution in [0.4, 0.5) is 5.82 Å². The van der Waals surface area contributed by atoms with Crippen molar-refractivity contribution in [3.05, 3.63) is 17.8 Å². The van der Waals surface area contributed by atoms with Crippen molar-refractivity contribution in [1.29, 1.82) is 0 Å². The normalized spacial score (nSPS) is 26.9. The Bertz CT molecular complexity index is 674. The summed E-state index contributed by atoms with van der Waals surface area (Å²) in [5.41, 5.74) is 0.863. The van der Waals surface area contributed by atoms with Crippen LogP contribution in [0, 0.1) is 12.8 Å². The number of carbonyl (C=O) groups is 1. The SMILES string of the molecule is Cc1ccc(N2CCCC(C(=O)NC3CCS(=O)(=O)C3)C2)nn1. The first-order valence-corrected chi connectivity index (χ1v) is 9.81. The van der Waals surface area contributed by atoms with E-state index in [4.69, 9.17) is 0 Å². The third kappa shape index (κ3) is 3.99. The number of nitrogens with one attached hydrogen (secondary N) is 1. The number of amides is 1. The van der Waals surface area contributed by atoms with Gasteiger partial charge in [-0.3, -0.25) is 4.79 Å². The van der Waals surface area contributed by atoms with E-state index in [1.54, 1.807) is 0 Å². The number of rotatable bonds is 3. The molecule has 0 aromatic carbocycles. The summed E-state index contributed by atoms with van der Waals surface area (Å²) in [6.07, 6.45) is 2.26. The lowest BCUT2D eigenvalue weighted by Gasteiger charge is -2.33. The predicted octanol–water partition coefficient (Wildman–Crippen LogP) is 0.305. The second-order valence-electron chi connectivity index (χ2n) is 6.43. The predicted molar refractivity (Wildman–Crippen MR) is 86.9 cm³/mol. The van der Waals surface area contributed by atoms with Gasteiger partial charge in [0.05, 0.1) is 23.1 Å². The van der Waals surface area contributed by atoms with Crippen LogP contribution in [0.25, 0.3) is 0 Å². The Morgan fingerprint density at radius 3 is 2.78 bits per heavy atom. The Kier molecular flexibility index (Phi) is 4.52. The first-order valence-electron chi connectivity index (χ1n) is 7.99. The molecule has 1 aromatic rings. The standard InChI is InChI=1S/C15H22N4O3S/c1-11-4-5-14(18-17-11)19-7-2-3-12(9-19)15(20)16-13-6-8-23(21,22)10-13/h4-5,12-13H,2-3,6-10H2,1H3,(H,16,20). The van der Waals surface area contributed by atoms with Gasteiger partial charge in [0.1, 0.15) is 0 Å². The maximum atomic E-state index is 12.4. The Balaban J connectivity index is 1.59. The van der Waals surface area contributed by atoms with E-state index >= 15 is 0 Å². The zero-order valence-electron chi connectivity index (χ0n) is 13.2. The molecule has 0 aliphatic carbocycles. The molecule has 0 radical (unpaired) electrons. The molecule has 126 valence electrons. The minimum Gasteiger partial charge on any atom is -0.354 e. The van der Waals surface area contributed by atoms with Gasteiger partial charge in [0, 0.05) is 19.1 Å².